The number of aryl methyl sites for hydroxylation is 1. The van der Waals surface area contributed by atoms with E-state index in [2.05, 4.69) is 34.7 Å². The van der Waals surface area contributed by atoms with Crippen LogP contribution in [-0.2, 0) is 11.8 Å². The van der Waals surface area contributed by atoms with Crippen molar-refractivity contribution in [2.24, 2.45) is 12.8 Å². The fourth-order valence-corrected chi connectivity index (χ4v) is 2.64. The summed E-state index contributed by atoms with van der Waals surface area (Å²) in [5.74, 6) is 0.500. The van der Waals surface area contributed by atoms with Crippen LogP contribution in [0.5, 0.6) is 0 Å². The second-order valence-corrected chi connectivity index (χ2v) is 5.94. The van der Waals surface area contributed by atoms with E-state index >= 15 is 0 Å². The number of carbonyl (C=O) groups is 1. The van der Waals surface area contributed by atoms with Gasteiger partial charge < -0.3 is 15.6 Å². The molecule has 2 aromatic rings. The van der Waals surface area contributed by atoms with Gasteiger partial charge in [-0.05, 0) is 31.2 Å². The number of hydrogen-bond donors (Lipinski definition) is 2. The van der Waals surface area contributed by atoms with E-state index in [9.17, 15) is 4.79 Å². The third-order valence-electron chi connectivity index (χ3n) is 2.97. The van der Waals surface area contributed by atoms with E-state index in [4.69, 9.17) is 5.73 Å². The van der Waals surface area contributed by atoms with Gasteiger partial charge in [0.05, 0.1) is 5.03 Å². The highest BCUT2D eigenvalue weighted by molar-refractivity contribution is 8.03. The van der Waals surface area contributed by atoms with Gasteiger partial charge in [0.2, 0.25) is 0 Å². The van der Waals surface area contributed by atoms with Gasteiger partial charge in [0.15, 0.2) is 5.78 Å². The molecular weight excluding hydrogens is 282 g/mol. The summed E-state index contributed by atoms with van der Waals surface area (Å²) >= 11 is 1.48. The fourth-order valence-electron chi connectivity index (χ4n) is 2.03. The lowest BCUT2D eigenvalue weighted by molar-refractivity contribution is -0.112. The molecule has 0 amide bonds. The van der Waals surface area contributed by atoms with Crippen LogP contribution < -0.4 is 11.1 Å². The maximum absolute atomic E-state index is 10.9. The van der Waals surface area contributed by atoms with E-state index < -0.39 is 0 Å². The number of fused-ring (bicyclic) bond motifs is 1. The Labute approximate surface area is 128 Å². The quantitative estimate of drug-likeness (QED) is 0.804. The molecule has 0 bridgehead atoms. The molecule has 0 aliphatic carbocycles. The van der Waals surface area contributed by atoms with Crippen LogP contribution in [0, 0.1) is 0 Å². The summed E-state index contributed by atoms with van der Waals surface area (Å²) in [5.41, 5.74) is 8.47. The number of ketones is 1. The van der Waals surface area contributed by atoms with Crippen LogP contribution in [0.15, 0.2) is 53.8 Å². The Morgan fingerprint density at radius 3 is 2.95 bits per heavy atom. The maximum Gasteiger partial charge on any atom is 0.154 e. The van der Waals surface area contributed by atoms with E-state index in [-0.39, 0.29) is 5.78 Å². The highest BCUT2D eigenvalue weighted by atomic mass is 32.2. The summed E-state index contributed by atoms with van der Waals surface area (Å²) in [6.07, 6.45) is 3.47. The first-order chi connectivity index (χ1) is 9.95. The Morgan fingerprint density at radius 1 is 1.48 bits per heavy atom. The number of nitrogens with zero attached hydrogens (tertiary/aromatic N) is 1. The number of aromatic nitrogens is 1. The third-order valence-corrected chi connectivity index (χ3v) is 3.90. The number of hydrogen-bond acceptors (Lipinski definition) is 4. The molecule has 21 heavy (non-hydrogen) atoms. The zero-order valence-corrected chi connectivity index (χ0v) is 13.0. The number of rotatable bonds is 6. The number of nitrogens with two attached hydrogens (primary N) is 1. The Bertz CT molecular complexity index is 715. The van der Waals surface area contributed by atoms with Crippen molar-refractivity contribution in [2.75, 3.05) is 11.1 Å². The molecule has 1 aromatic carbocycles. The van der Waals surface area contributed by atoms with Gasteiger partial charge in [0, 0.05) is 47.4 Å². The van der Waals surface area contributed by atoms with Crippen LogP contribution in [0.2, 0.25) is 0 Å². The van der Waals surface area contributed by atoms with E-state index in [1.807, 2.05) is 19.3 Å². The first kappa shape index (κ1) is 15.3. The van der Waals surface area contributed by atoms with Gasteiger partial charge in [-0.3, -0.25) is 4.79 Å². The van der Waals surface area contributed by atoms with Crippen molar-refractivity contribution in [3.05, 3.63) is 53.8 Å². The standard InChI is InChI=1S/C16H19N3OS/c1-11(20)8-14(17)10-21-12(2)18-15-4-5-16-13(9-15)6-7-19(16)3/h4-9,18H,2,10,17H2,1,3H3/b14-8-. The minimum Gasteiger partial charge on any atom is -0.401 e. The molecule has 110 valence electrons. The fraction of sp³-hybridized carbons (Fsp3) is 0.188. The number of thioether (sulfide) groups is 1. The molecule has 0 spiro atoms. The van der Waals surface area contributed by atoms with Crippen molar-refractivity contribution in [1.82, 2.24) is 4.57 Å². The summed E-state index contributed by atoms with van der Waals surface area (Å²) in [5, 5.41) is 5.22. The molecule has 0 saturated heterocycles. The highest BCUT2D eigenvalue weighted by Gasteiger charge is 2.02. The van der Waals surface area contributed by atoms with Crippen LogP contribution in [0.4, 0.5) is 5.69 Å². The van der Waals surface area contributed by atoms with Crippen LogP contribution in [0.3, 0.4) is 0 Å². The monoisotopic (exact) mass is 301 g/mol. The average molecular weight is 301 g/mol. The lowest BCUT2D eigenvalue weighted by atomic mass is 10.2. The van der Waals surface area contributed by atoms with Crippen molar-refractivity contribution < 1.29 is 4.79 Å². The first-order valence-electron chi connectivity index (χ1n) is 6.56. The summed E-state index contributed by atoms with van der Waals surface area (Å²) in [6, 6.07) is 8.24. The molecule has 0 fully saturated rings. The molecule has 0 radical (unpaired) electrons. The van der Waals surface area contributed by atoms with E-state index in [0.29, 0.717) is 11.4 Å². The number of nitrogens with one attached hydrogen (secondary N) is 1. The maximum atomic E-state index is 10.9. The Kier molecular flexibility index (Phi) is 4.75. The largest absolute Gasteiger partial charge is 0.401 e. The molecule has 0 aliphatic heterocycles. The lowest BCUT2D eigenvalue weighted by Gasteiger charge is -2.09. The third kappa shape index (κ3) is 4.16. The molecule has 2 rings (SSSR count). The Morgan fingerprint density at radius 2 is 2.24 bits per heavy atom. The summed E-state index contributed by atoms with van der Waals surface area (Å²) in [7, 11) is 2.02. The second-order valence-electron chi connectivity index (χ2n) is 4.87. The minimum absolute atomic E-state index is 0.0406. The smallest absolute Gasteiger partial charge is 0.154 e. The predicted octanol–water partition coefficient (Wildman–Crippen LogP) is 3.23. The Balaban J connectivity index is 1.96. The molecule has 0 atom stereocenters. The molecular formula is C16H19N3OS. The van der Waals surface area contributed by atoms with Gasteiger partial charge in [-0.1, -0.05) is 6.58 Å². The van der Waals surface area contributed by atoms with E-state index in [1.54, 1.807) is 0 Å². The van der Waals surface area contributed by atoms with E-state index in [1.165, 1.54) is 35.7 Å². The van der Waals surface area contributed by atoms with Crippen molar-refractivity contribution >= 4 is 34.1 Å². The van der Waals surface area contributed by atoms with Crippen LogP contribution in [-0.4, -0.2) is 16.1 Å². The van der Waals surface area contributed by atoms with Crippen LogP contribution in [0.1, 0.15) is 6.92 Å². The first-order valence-corrected chi connectivity index (χ1v) is 7.54. The average Bonchev–Trinajstić information content (AvgIpc) is 2.77. The normalized spacial score (nSPS) is 11.6. The SMILES string of the molecule is C=C(Nc1ccc2c(ccn2C)c1)SC/C(N)=C/C(C)=O. The molecule has 1 aromatic heterocycles. The molecule has 3 N–H and O–H groups in total. The number of carbonyl (C=O) groups excluding carboxylic acids is 1. The molecule has 4 nitrogen and oxygen atoms in total. The van der Waals surface area contributed by atoms with Gasteiger partial charge >= 0.3 is 0 Å². The van der Waals surface area contributed by atoms with Gasteiger partial charge in [0.1, 0.15) is 0 Å². The van der Waals surface area contributed by atoms with Gasteiger partial charge in [-0.15, -0.1) is 11.8 Å². The summed E-state index contributed by atoms with van der Waals surface area (Å²) in [6.45, 7) is 5.45. The zero-order chi connectivity index (χ0) is 15.4. The Hall–Kier alpha value is -2.14. The highest BCUT2D eigenvalue weighted by Crippen LogP contribution is 2.23. The molecule has 0 aliphatic rings. The lowest BCUT2D eigenvalue weighted by Crippen LogP contribution is -2.04. The molecule has 1 heterocycles. The van der Waals surface area contributed by atoms with Crippen LogP contribution >= 0.6 is 11.8 Å². The minimum atomic E-state index is -0.0406. The van der Waals surface area contributed by atoms with Crippen molar-refractivity contribution in [2.45, 2.75) is 6.92 Å². The van der Waals surface area contributed by atoms with Gasteiger partial charge in [-0.25, -0.2) is 0 Å². The topological polar surface area (TPSA) is 60.1 Å². The molecule has 5 heteroatoms. The molecule has 0 saturated carbocycles. The number of anilines is 1. The summed E-state index contributed by atoms with van der Waals surface area (Å²) < 4.78 is 2.08. The van der Waals surface area contributed by atoms with Crippen molar-refractivity contribution in [3.8, 4) is 0 Å². The number of allylic oxidation sites excluding steroid dienone is 1. The molecule has 0 unspecified atom stereocenters. The second kappa shape index (κ2) is 6.54. The van der Waals surface area contributed by atoms with E-state index in [0.717, 1.165) is 10.7 Å². The predicted molar refractivity (Wildman–Crippen MR) is 91.1 cm³/mol. The van der Waals surface area contributed by atoms with Crippen molar-refractivity contribution in [1.29, 1.82) is 0 Å². The number of benzene rings is 1. The van der Waals surface area contributed by atoms with Crippen LogP contribution in [0.25, 0.3) is 10.9 Å². The zero-order valence-electron chi connectivity index (χ0n) is 12.2. The van der Waals surface area contributed by atoms with Crippen molar-refractivity contribution in [3.63, 3.8) is 0 Å². The summed E-state index contributed by atoms with van der Waals surface area (Å²) in [4.78, 5) is 10.9. The van der Waals surface area contributed by atoms with Gasteiger partial charge in [-0.2, -0.15) is 0 Å². The van der Waals surface area contributed by atoms with Gasteiger partial charge in [0.25, 0.3) is 0 Å².